The van der Waals surface area contributed by atoms with Gasteiger partial charge in [0.2, 0.25) is 5.91 Å². The lowest BCUT2D eigenvalue weighted by Gasteiger charge is -2.33. The van der Waals surface area contributed by atoms with Crippen LogP contribution in [0.4, 0.5) is 0 Å². The Morgan fingerprint density at radius 2 is 2.00 bits per heavy atom. The Morgan fingerprint density at radius 3 is 2.52 bits per heavy atom. The van der Waals surface area contributed by atoms with Crippen LogP contribution in [0.2, 0.25) is 0 Å². The van der Waals surface area contributed by atoms with Gasteiger partial charge in [-0.05, 0) is 6.42 Å². The monoisotopic (exact) mass is 337 g/mol. The Balaban J connectivity index is 1.84. The first-order chi connectivity index (χ1) is 9.83. The Labute approximate surface area is 127 Å². The highest BCUT2D eigenvalue weighted by atomic mass is 32.2. The molecule has 2 aliphatic heterocycles. The zero-order chi connectivity index (χ0) is 15.5. The molecule has 0 radical (unpaired) electrons. The average molecular weight is 337 g/mol. The average Bonchev–Trinajstić information content (AvgIpc) is 2.77. The van der Waals surface area contributed by atoms with E-state index in [2.05, 4.69) is 5.32 Å². The molecule has 2 heterocycles. The number of carbonyl (C=O) groups is 2. The van der Waals surface area contributed by atoms with E-state index < -0.39 is 21.3 Å². The van der Waals surface area contributed by atoms with Gasteiger partial charge in [0.25, 0.3) is 0 Å². The summed E-state index contributed by atoms with van der Waals surface area (Å²) in [7, 11) is -2.96. The summed E-state index contributed by atoms with van der Waals surface area (Å²) < 4.78 is 27.8. The van der Waals surface area contributed by atoms with E-state index in [1.165, 1.54) is 11.8 Å². The molecule has 7 nitrogen and oxygen atoms in total. The lowest BCUT2D eigenvalue weighted by atomic mass is 9.90. The van der Waals surface area contributed by atoms with E-state index in [1.54, 1.807) is 0 Å². The van der Waals surface area contributed by atoms with E-state index in [1.807, 2.05) is 0 Å². The minimum Gasteiger partial charge on any atom is -0.480 e. The molecule has 0 aliphatic carbocycles. The number of thioether (sulfide) groups is 1. The van der Waals surface area contributed by atoms with Crippen molar-refractivity contribution in [1.29, 1.82) is 0 Å². The first kappa shape index (κ1) is 16.6. The number of amides is 1. The highest BCUT2D eigenvalue weighted by molar-refractivity contribution is 8.02. The molecule has 0 aromatic rings. The third kappa shape index (κ3) is 4.33. The Bertz CT molecular complexity index is 512. The highest BCUT2D eigenvalue weighted by Gasteiger charge is 2.41. The number of sulfone groups is 1. The summed E-state index contributed by atoms with van der Waals surface area (Å²) in [6.45, 7) is 0.612. The van der Waals surface area contributed by atoms with Crippen molar-refractivity contribution in [3.05, 3.63) is 0 Å². The lowest BCUT2D eigenvalue weighted by molar-refractivity contribution is -0.151. The molecule has 0 spiro atoms. The van der Waals surface area contributed by atoms with Gasteiger partial charge in [-0.15, -0.1) is 11.8 Å². The minimum atomic E-state index is -2.96. The minimum absolute atomic E-state index is 0.0729. The molecule has 2 saturated heterocycles. The van der Waals surface area contributed by atoms with Crippen LogP contribution in [0.5, 0.6) is 0 Å². The third-order valence-electron chi connectivity index (χ3n) is 3.78. The summed E-state index contributed by atoms with van der Waals surface area (Å²) in [6.07, 6.45) is 1.05. The van der Waals surface area contributed by atoms with Gasteiger partial charge in [-0.3, -0.25) is 4.79 Å². The second-order valence-corrected chi connectivity index (χ2v) is 8.90. The molecule has 9 heteroatoms. The normalized spacial score (nSPS) is 27.1. The van der Waals surface area contributed by atoms with Gasteiger partial charge in [0.05, 0.1) is 17.3 Å². The molecule has 21 heavy (non-hydrogen) atoms. The second-order valence-electron chi connectivity index (χ2n) is 5.38. The SMILES string of the molecule is O=C(CSC1CCS(=O)(=O)C1)NC1(C(=O)O)CCOCC1. The quantitative estimate of drug-likeness (QED) is 0.706. The topological polar surface area (TPSA) is 110 Å². The van der Waals surface area contributed by atoms with Gasteiger partial charge in [0.1, 0.15) is 5.54 Å². The molecule has 2 rings (SSSR count). The van der Waals surface area contributed by atoms with Crippen LogP contribution >= 0.6 is 11.8 Å². The Hall–Kier alpha value is -0.800. The third-order valence-corrected chi connectivity index (χ3v) is 7.06. The summed E-state index contributed by atoms with van der Waals surface area (Å²) in [5.41, 5.74) is -1.25. The van der Waals surface area contributed by atoms with E-state index >= 15 is 0 Å². The summed E-state index contributed by atoms with van der Waals surface area (Å²) in [5.74, 6) is -1.07. The fourth-order valence-electron chi connectivity index (χ4n) is 2.50. The molecule has 0 saturated carbocycles. The molecule has 1 amide bonds. The van der Waals surface area contributed by atoms with Gasteiger partial charge in [-0.2, -0.15) is 0 Å². The van der Waals surface area contributed by atoms with Crippen molar-refractivity contribution in [2.24, 2.45) is 0 Å². The molecule has 0 aromatic heterocycles. The fourth-order valence-corrected chi connectivity index (χ4v) is 5.94. The van der Waals surface area contributed by atoms with E-state index in [0.29, 0.717) is 19.6 Å². The Morgan fingerprint density at radius 1 is 1.33 bits per heavy atom. The summed E-state index contributed by atoms with van der Waals surface area (Å²) in [4.78, 5) is 23.4. The molecular formula is C12H19NO6S2. The number of carboxylic acid groups (broad SMARTS) is 1. The number of carbonyl (C=O) groups excluding carboxylic acids is 1. The number of ether oxygens (including phenoxy) is 1. The smallest absolute Gasteiger partial charge is 0.329 e. The summed E-state index contributed by atoms with van der Waals surface area (Å²) in [6, 6.07) is 0. The van der Waals surface area contributed by atoms with Crippen LogP contribution in [0, 0.1) is 0 Å². The van der Waals surface area contributed by atoms with Gasteiger partial charge >= 0.3 is 5.97 Å². The number of carboxylic acids is 1. The largest absolute Gasteiger partial charge is 0.480 e. The van der Waals surface area contributed by atoms with Crippen LogP contribution in [0.3, 0.4) is 0 Å². The van der Waals surface area contributed by atoms with Gasteiger partial charge in [0, 0.05) is 31.3 Å². The van der Waals surface area contributed by atoms with Crippen molar-refractivity contribution in [2.75, 3.05) is 30.5 Å². The predicted molar refractivity (Wildman–Crippen MR) is 78.1 cm³/mol. The highest BCUT2D eigenvalue weighted by Crippen LogP contribution is 2.25. The van der Waals surface area contributed by atoms with E-state index in [-0.39, 0.29) is 41.3 Å². The Kier molecular flexibility index (Phi) is 5.15. The first-order valence-corrected chi connectivity index (χ1v) is 9.64. The first-order valence-electron chi connectivity index (χ1n) is 6.77. The van der Waals surface area contributed by atoms with Crippen LogP contribution in [0.1, 0.15) is 19.3 Å². The fraction of sp³-hybridized carbons (Fsp3) is 0.833. The molecular weight excluding hydrogens is 318 g/mol. The molecule has 2 fully saturated rings. The molecule has 2 N–H and O–H groups in total. The number of aliphatic carboxylic acids is 1. The standard InChI is InChI=1S/C12H19NO6S2/c14-10(7-20-9-1-6-21(17,18)8-9)13-12(11(15)16)2-4-19-5-3-12/h9H,1-8H2,(H,13,14)(H,15,16). The number of hydrogen-bond acceptors (Lipinski definition) is 6. The maximum Gasteiger partial charge on any atom is 0.329 e. The van der Waals surface area contributed by atoms with Crippen LogP contribution in [-0.2, 0) is 24.2 Å². The number of rotatable bonds is 5. The van der Waals surface area contributed by atoms with Crippen LogP contribution in [0.25, 0.3) is 0 Å². The summed E-state index contributed by atoms with van der Waals surface area (Å²) >= 11 is 1.28. The lowest BCUT2D eigenvalue weighted by Crippen LogP contribution is -2.58. The number of hydrogen-bond donors (Lipinski definition) is 2. The maximum absolute atomic E-state index is 12.0. The zero-order valence-corrected chi connectivity index (χ0v) is 13.2. The molecule has 1 atom stereocenters. The van der Waals surface area contributed by atoms with E-state index in [9.17, 15) is 23.1 Å². The van der Waals surface area contributed by atoms with Gasteiger partial charge in [0.15, 0.2) is 9.84 Å². The van der Waals surface area contributed by atoms with Crippen molar-refractivity contribution in [3.8, 4) is 0 Å². The maximum atomic E-state index is 12.0. The molecule has 1 unspecified atom stereocenters. The van der Waals surface area contributed by atoms with Crippen molar-refractivity contribution in [2.45, 2.75) is 30.1 Å². The summed E-state index contributed by atoms with van der Waals surface area (Å²) in [5, 5.41) is 11.8. The number of nitrogens with one attached hydrogen (secondary N) is 1. The molecule has 2 aliphatic rings. The van der Waals surface area contributed by atoms with E-state index in [4.69, 9.17) is 4.74 Å². The van der Waals surface area contributed by atoms with Gasteiger partial charge in [-0.25, -0.2) is 13.2 Å². The van der Waals surface area contributed by atoms with Crippen molar-refractivity contribution < 1.29 is 27.9 Å². The van der Waals surface area contributed by atoms with E-state index in [0.717, 1.165) is 0 Å². The second kappa shape index (κ2) is 6.53. The molecule has 120 valence electrons. The van der Waals surface area contributed by atoms with Crippen molar-refractivity contribution >= 4 is 33.5 Å². The van der Waals surface area contributed by atoms with Gasteiger partial charge < -0.3 is 15.2 Å². The van der Waals surface area contributed by atoms with Crippen molar-refractivity contribution in [1.82, 2.24) is 5.32 Å². The molecule has 0 aromatic carbocycles. The molecule has 0 bridgehead atoms. The van der Waals surface area contributed by atoms with Crippen LogP contribution in [-0.4, -0.2) is 66.7 Å². The van der Waals surface area contributed by atoms with Crippen LogP contribution < -0.4 is 5.32 Å². The zero-order valence-electron chi connectivity index (χ0n) is 11.5. The van der Waals surface area contributed by atoms with Crippen molar-refractivity contribution in [3.63, 3.8) is 0 Å². The van der Waals surface area contributed by atoms with Crippen LogP contribution in [0.15, 0.2) is 0 Å². The predicted octanol–water partition coefficient (Wildman–Crippen LogP) is -0.343. The van der Waals surface area contributed by atoms with Gasteiger partial charge in [-0.1, -0.05) is 0 Å².